The zero-order valence-electron chi connectivity index (χ0n) is 8.28. The van der Waals surface area contributed by atoms with Crippen molar-refractivity contribution in [1.82, 2.24) is 4.90 Å². The van der Waals surface area contributed by atoms with E-state index in [1.807, 2.05) is 0 Å². The van der Waals surface area contributed by atoms with E-state index < -0.39 is 6.10 Å². The van der Waals surface area contributed by atoms with Gasteiger partial charge in [0.25, 0.3) is 0 Å². The molecule has 1 aliphatic rings. The number of nitrogens with zero attached hydrogens (tertiary/aromatic N) is 1. The molecule has 1 atom stereocenters. The van der Waals surface area contributed by atoms with Crippen LogP contribution in [-0.2, 0) is 4.79 Å². The van der Waals surface area contributed by atoms with Gasteiger partial charge in [0.05, 0.1) is 6.10 Å². The molecular formula is C10H19NO2. The van der Waals surface area contributed by atoms with Gasteiger partial charge in [-0.05, 0) is 19.8 Å². The van der Waals surface area contributed by atoms with Crippen LogP contribution in [0.15, 0.2) is 0 Å². The molecule has 1 rings (SSSR count). The zero-order valence-corrected chi connectivity index (χ0v) is 8.28. The summed E-state index contributed by atoms with van der Waals surface area (Å²) in [6, 6.07) is 0.376. The molecule has 0 aromatic rings. The van der Waals surface area contributed by atoms with Crippen LogP contribution in [0.4, 0.5) is 0 Å². The maximum Gasteiger partial charge on any atom is 0.210 e. The summed E-state index contributed by atoms with van der Waals surface area (Å²) in [5.41, 5.74) is 0. The fraction of sp³-hybridized carbons (Fsp3) is 0.900. The van der Waals surface area contributed by atoms with Crippen LogP contribution >= 0.6 is 0 Å². The van der Waals surface area contributed by atoms with Gasteiger partial charge in [-0.2, -0.15) is 0 Å². The van der Waals surface area contributed by atoms with E-state index in [1.165, 1.54) is 19.3 Å². The molecule has 76 valence electrons. The number of aliphatic hydroxyl groups excluding tert-OH is 1. The van der Waals surface area contributed by atoms with Crippen LogP contribution in [0.1, 0.15) is 39.0 Å². The summed E-state index contributed by atoms with van der Waals surface area (Å²) in [5, 5.41) is 9.18. The van der Waals surface area contributed by atoms with Crippen molar-refractivity contribution in [2.45, 2.75) is 51.2 Å². The topological polar surface area (TPSA) is 40.5 Å². The fourth-order valence-electron chi connectivity index (χ4n) is 2.00. The molecule has 0 bridgehead atoms. The van der Waals surface area contributed by atoms with Gasteiger partial charge in [0, 0.05) is 12.6 Å². The summed E-state index contributed by atoms with van der Waals surface area (Å²) in [7, 11) is 0. The lowest BCUT2D eigenvalue weighted by atomic mass is 9.94. The first kappa shape index (κ1) is 10.5. The maximum absolute atomic E-state index is 10.8. The molecule has 0 spiro atoms. The molecule has 1 aliphatic carbocycles. The van der Waals surface area contributed by atoms with Crippen LogP contribution in [0.2, 0.25) is 0 Å². The van der Waals surface area contributed by atoms with Crippen LogP contribution in [0, 0.1) is 0 Å². The third-order valence-corrected chi connectivity index (χ3v) is 2.65. The molecule has 3 nitrogen and oxygen atoms in total. The van der Waals surface area contributed by atoms with Crippen LogP contribution in [0.5, 0.6) is 0 Å². The smallest absolute Gasteiger partial charge is 0.210 e. The van der Waals surface area contributed by atoms with Crippen LogP contribution in [-0.4, -0.2) is 35.1 Å². The number of carbonyl (C=O) groups excluding carboxylic acids is 1. The highest BCUT2D eigenvalue weighted by Crippen LogP contribution is 2.21. The van der Waals surface area contributed by atoms with E-state index in [4.69, 9.17) is 0 Å². The van der Waals surface area contributed by atoms with E-state index in [1.54, 1.807) is 11.8 Å². The largest absolute Gasteiger partial charge is 0.392 e. The van der Waals surface area contributed by atoms with Gasteiger partial charge in [0.2, 0.25) is 6.41 Å². The molecule has 0 aromatic heterocycles. The maximum atomic E-state index is 10.8. The minimum atomic E-state index is -0.410. The molecule has 3 heteroatoms. The van der Waals surface area contributed by atoms with E-state index in [2.05, 4.69) is 0 Å². The van der Waals surface area contributed by atoms with Crippen LogP contribution in [0.3, 0.4) is 0 Å². The molecule has 13 heavy (non-hydrogen) atoms. The molecule has 1 saturated carbocycles. The number of hydrogen-bond donors (Lipinski definition) is 1. The van der Waals surface area contributed by atoms with Gasteiger partial charge in [-0.25, -0.2) is 0 Å². The van der Waals surface area contributed by atoms with Gasteiger partial charge in [-0.1, -0.05) is 19.3 Å². The first-order valence-corrected chi connectivity index (χ1v) is 5.13. The van der Waals surface area contributed by atoms with Crippen molar-refractivity contribution in [2.75, 3.05) is 6.54 Å². The van der Waals surface area contributed by atoms with E-state index >= 15 is 0 Å². The second kappa shape index (κ2) is 5.22. The second-order valence-electron chi connectivity index (χ2n) is 3.94. The highest BCUT2D eigenvalue weighted by atomic mass is 16.3. The Labute approximate surface area is 79.7 Å². The lowest BCUT2D eigenvalue weighted by Gasteiger charge is -2.32. The van der Waals surface area contributed by atoms with Crippen LogP contribution in [0.25, 0.3) is 0 Å². The quantitative estimate of drug-likeness (QED) is 0.668. The Hall–Kier alpha value is -0.570. The minimum absolute atomic E-state index is 0.376. The molecule has 1 fully saturated rings. The molecule has 0 saturated heterocycles. The van der Waals surface area contributed by atoms with Crippen molar-refractivity contribution in [1.29, 1.82) is 0 Å². The summed E-state index contributed by atoms with van der Waals surface area (Å²) in [5.74, 6) is 0. The average Bonchev–Trinajstić information content (AvgIpc) is 2.15. The molecule has 1 amide bonds. The number of carbonyl (C=O) groups is 1. The van der Waals surface area contributed by atoms with Crippen molar-refractivity contribution >= 4 is 6.41 Å². The Morgan fingerprint density at radius 1 is 1.46 bits per heavy atom. The van der Waals surface area contributed by atoms with Crippen molar-refractivity contribution in [3.05, 3.63) is 0 Å². The predicted molar refractivity (Wildman–Crippen MR) is 51.3 cm³/mol. The Balaban J connectivity index is 2.39. The number of hydrogen-bond acceptors (Lipinski definition) is 2. The summed E-state index contributed by atoms with van der Waals surface area (Å²) in [6.07, 6.45) is 6.40. The predicted octanol–water partition coefficient (Wildman–Crippen LogP) is 1.16. The van der Waals surface area contributed by atoms with E-state index in [0.717, 1.165) is 19.3 Å². The Morgan fingerprint density at radius 2 is 2.08 bits per heavy atom. The Morgan fingerprint density at radius 3 is 2.54 bits per heavy atom. The summed E-state index contributed by atoms with van der Waals surface area (Å²) in [4.78, 5) is 12.5. The standard InChI is InChI=1S/C10H19NO2/c1-9(13)7-11(8-12)10-5-3-2-4-6-10/h8-10,13H,2-7H2,1H3. The monoisotopic (exact) mass is 185 g/mol. The lowest BCUT2D eigenvalue weighted by molar-refractivity contribution is -0.122. The van der Waals surface area contributed by atoms with E-state index in [0.29, 0.717) is 12.6 Å². The second-order valence-corrected chi connectivity index (χ2v) is 3.94. The molecular weight excluding hydrogens is 166 g/mol. The van der Waals surface area contributed by atoms with Crippen molar-refractivity contribution in [2.24, 2.45) is 0 Å². The minimum Gasteiger partial charge on any atom is -0.392 e. The summed E-state index contributed by atoms with van der Waals surface area (Å²) >= 11 is 0. The highest BCUT2D eigenvalue weighted by molar-refractivity contribution is 5.47. The fourth-order valence-corrected chi connectivity index (χ4v) is 2.00. The summed E-state index contributed by atoms with van der Waals surface area (Å²) < 4.78 is 0. The number of amides is 1. The third kappa shape index (κ3) is 3.35. The third-order valence-electron chi connectivity index (χ3n) is 2.65. The molecule has 0 aliphatic heterocycles. The SMILES string of the molecule is CC(O)CN(C=O)C1CCCCC1. The normalized spacial score (nSPS) is 21.1. The molecule has 0 radical (unpaired) electrons. The highest BCUT2D eigenvalue weighted by Gasteiger charge is 2.20. The Bertz CT molecular complexity index is 153. The van der Waals surface area contributed by atoms with Crippen molar-refractivity contribution in [3.63, 3.8) is 0 Å². The van der Waals surface area contributed by atoms with Gasteiger partial charge in [0.1, 0.15) is 0 Å². The molecule has 0 aromatic carbocycles. The Kier molecular flexibility index (Phi) is 4.22. The van der Waals surface area contributed by atoms with E-state index in [-0.39, 0.29) is 0 Å². The molecule has 1 N–H and O–H groups in total. The van der Waals surface area contributed by atoms with Gasteiger partial charge in [0.15, 0.2) is 0 Å². The zero-order chi connectivity index (χ0) is 9.68. The molecule has 1 unspecified atom stereocenters. The number of rotatable bonds is 4. The van der Waals surface area contributed by atoms with Gasteiger partial charge < -0.3 is 10.0 Å². The van der Waals surface area contributed by atoms with Gasteiger partial charge in [-0.3, -0.25) is 4.79 Å². The first-order valence-electron chi connectivity index (χ1n) is 5.13. The molecule has 0 heterocycles. The number of aliphatic hydroxyl groups is 1. The average molecular weight is 185 g/mol. The van der Waals surface area contributed by atoms with Gasteiger partial charge in [-0.15, -0.1) is 0 Å². The van der Waals surface area contributed by atoms with Gasteiger partial charge >= 0.3 is 0 Å². The van der Waals surface area contributed by atoms with Crippen LogP contribution < -0.4 is 0 Å². The van der Waals surface area contributed by atoms with Crippen molar-refractivity contribution < 1.29 is 9.90 Å². The first-order chi connectivity index (χ1) is 6.24. The van der Waals surface area contributed by atoms with Crippen molar-refractivity contribution in [3.8, 4) is 0 Å². The van der Waals surface area contributed by atoms with E-state index in [9.17, 15) is 9.90 Å². The summed E-state index contributed by atoms with van der Waals surface area (Å²) in [6.45, 7) is 2.20. The lowest BCUT2D eigenvalue weighted by Crippen LogP contribution is -2.39.